The van der Waals surface area contributed by atoms with E-state index in [9.17, 15) is 0 Å². The minimum atomic E-state index is -0.0578. The second-order valence-corrected chi connectivity index (χ2v) is 6.71. The van der Waals surface area contributed by atoms with Gasteiger partial charge in [-0.2, -0.15) is 0 Å². The van der Waals surface area contributed by atoms with Crippen LogP contribution in [-0.2, 0) is 0 Å². The highest BCUT2D eigenvalue weighted by atomic mass is 14.9. The van der Waals surface area contributed by atoms with Gasteiger partial charge in [-0.05, 0) is 31.6 Å². The standard InChI is InChI=1S/C16H32N2/c17-15-12-8-4-5-9-13-16(15,18)14-10-6-2-1-3-7-11-14/h14-15H,1-13,17-18H2. The Morgan fingerprint density at radius 1 is 0.667 bits per heavy atom. The highest BCUT2D eigenvalue weighted by molar-refractivity contribution is 5.00. The monoisotopic (exact) mass is 252 g/mol. The summed E-state index contributed by atoms with van der Waals surface area (Å²) < 4.78 is 0. The molecule has 2 rings (SSSR count). The molecular weight excluding hydrogens is 220 g/mol. The molecule has 0 radical (unpaired) electrons. The van der Waals surface area contributed by atoms with E-state index >= 15 is 0 Å². The molecule has 2 unspecified atom stereocenters. The lowest BCUT2D eigenvalue weighted by molar-refractivity contribution is 0.153. The maximum atomic E-state index is 6.84. The number of rotatable bonds is 1. The van der Waals surface area contributed by atoms with E-state index in [0.29, 0.717) is 5.92 Å². The minimum Gasteiger partial charge on any atom is -0.326 e. The molecule has 0 amide bonds. The van der Waals surface area contributed by atoms with E-state index in [1.54, 1.807) is 0 Å². The average Bonchev–Trinajstić information content (AvgIpc) is 2.30. The lowest BCUT2D eigenvalue weighted by atomic mass is 9.68. The fourth-order valence-electron chi connectivity index (χ4n) is 4.10. The molecule has 0 bridgehead atoms. The first-order valence-corrected chi connectivity index (χ1v) is 8.28. The highest BCUT2D eigenvalue weighted by Gasteiger charge is 2.39. The maximum absolute atomic E-state index is 6.84. The number of hydrogen-bond donors (Lipinski definition) is 2. The predicted octanol–water partition coefficient (Wildman–Crippen LogP) is 3.73. The molecule has 0 aliphatic heterocycles. The van der Waals surface area contributed by atoms with Crippen molar-refractivity contribution < 1.29 is 0 Å². The minimum absolute atomic E-state index is 0.0578. The first-order valence-electron chi connectivity index (χ1n) is 8.28. The normalized spacial score (nSPS) is 37.3. The molecule has 0 heterocycles. The molecule has 0 aromatic rings. The Hall–Kier alpha value is -0.0800. The Kier molecular flexibility index (Phi) is 5.50. The van der Waals surface area contributed by atoms with Crippen LogP contribution < -0.4 is 11.5 Å². The molecule has 2 saturated carbocycles. The van der Waals surface area contributed by atoms with Crippen LogP contribution in [0.15, 0.2) is 0 Å². The Morgan fingerprint density at radius 3 is 1.83 bits per heavy atom. The van der Waals surface area contributed by atoms with Gasteiger partial charge in [0.25, 0.3) is 0 Å². The van der Waals surface area contributed by atoms with Crippen LogP contribution in [0.1, 0.15) is 83.5 Å². The zero-order chi connectivity index (χ0) is 12.8. The summed E-state index contributed by atoms with van der Waals surface area (Å²) in [7, 11) is 0. The Bertz CT molecular complexity index is 233. The molecule has 106 valence electrons. The van der Waals surface area contributed by atoms with Gasteiger partial charge in [-0.1, -0.05) is 57.8 Å². The van der Waals surface area contributed by atoms with Crippen LogP contribution >= 0.6 is 0 Å². The fourth-order valence-corrected chi connectivity index (χ4v) is 4.10. The molecule has 2 nitrogen and oxygen atoms in total. The van der Waals surface area contributed by atoms with Crippen molar-refractivity contribution >= 4 is 0 Å². The first-order chi connectivity index (χ1) is 8.73. The van der Waals surface area contributed by atoms with Crippen LogP contribution in [0.25, 0.3) is 0 Å². The third kappa shape index (κ3) is 3.48. The number of hydrogen-bond acceptors (Lipinski definition) is 2. The summed E-state index contributed by atoms with van der Waals surface area (Å²) in [4.78, 5) is 0. The zero-order valence-corrected chi connectivity index (χ0v) is 12.0. The van der Waals surface area contributed by atoms with Crippen molar-refractivity contribution in [3.63, 3.8) is 0 Å². The smallest absolute Gasteiger partial charge is 0.0336 e. The van der Waals surface area contributed by atoms with Crippen LogP contribution in [0.2, 0.25) is 0 Å². The summed E-state index contributed by atoms with van der Waals surface area (Å²) in [5.41, 5.74) is 13.3. The van der Waals surface area contributed by atoms with E-state index in [0.717, 1.165) is 6.42 Å². The van der Waals surface area contributed by atoms with Crippen molar-refractivity contribution in [3.05, 3.63) is 0 Å². The van der Waals surface area contributed by atoms with Crippen molar-refractivity contribution in [2.45, 2.75) is 95.1 Å². The van der Waals surface area contributed by atoms with Crippen molar-refractivity contribution in [2.75, 3.05) is 0 Å². The third-order valence-electron chi connectivity index (χ3n) is 5.43. The van der Waals surface area contributed by atoms with Crippen LogP contribution in [0, 0.1) is 5.92 Å². The summed E-state index contributed by atoms with van der Waals surface area (Å²) in [5.74, 6) is 0.686. The molecule has 4 N–H and O–H groups in total. The van der Waals surface area contributed by atoms with Crippen LogP contribution in [0.3, 0.4) is 0 Å². The highest BCUT2D eigenvalue weighted by Crippen LogP contribution is 2.37. The Morgan fingerprint density at radius 2 is 1.17 bits per heavy atom. The molecular formula is C16H32N2. The Balaban J connectivity index is 2.03. The Labute approximate surface area is 113 Å². The van der Waals surface area contributed by atoms with E-state index in [1.165, 1.54) is 77.0 Å². The van der Waals surface area contributed by atoms with Gasteiger partial charge in [0.2, 0.25) is 0 Å². The quantitative estimate of drug-likeness (QED) is 0.747. The summed E-state index contributed by atoms with van der Waals surface area (Å²) in [6.45, 7) is 0. The van der Waals surface area contributed by atoms with Crippen molar-refractivity contribution in [3.8, 4) is 0 Å². The summed E-state index contributed by atoms with van der Waals surface area (Å²) in [6.07, 6.45) is 17.2. The lowest BCUT2D eigenvalue weighted by Gasteiger charge is -2.44. The van der Waals surface area contributed by atoms with Gasteiger partial charge in [0.1, 0.15) is 0 Å². The van der Waals surface area contributed by atoms with Gasteiger partial charge >= 0.3 is 0 Å². The molecule has 2 aliphatic rings. The largest absolute Gasteiger partial charge is 0.326 e. The summed E-state index contributed by atoms with van der Waals surface area (Å²) >= 11 is 0. The average molecular weight is 252 g/mol. The summed E-state index contributed by atoms with van der Waals surface area (Å²) in [6, 6.07) is 0.238. The third-order valence-corrected chi connectivity index (χ3v) is 5.43. The van der Waals surface area contributed by atoms with Crippen molar-refractivity contribution in [1.29, 1.82) is 0 Å². The van der Waals surface area contributed by atoms with E-state index < -0.39 is 0 Å². The van der Waals surface area contributed by atoms with Gasteiger partial charge in [0, 0.05) is 11.6 Å². The van der Waals surface area contributed by atoms with Gasteiger partial charge < -0.3 is 11.5 Å². The van der Waals surface area contributed by atoms with Gasteiger partial charge in [0.15, 0.2) is 0 Å². The van der Waals surface area contributed by atoms with E-state index in [-0.39, 0.29) is 11.6 Å². The molecule has 2 fully saturated rings. The van der Waals surface area contributed by atoms with Gasteiger partial charge in [-0.15, -0.1) is 0 Å². The number of nitrogens with two attached hydrogens (primary N) is 2. The molecule has 18 heavy (non-hydrogen) atoms. The van der Waals surface area contributed by atoms with Crippen LogP contribution in [0.5, 0.6) is 0 Å². The molecule has 0 aromatic carbocycles. The van der Waals surface area contributed by atoms with Crippen LogP contribution in [-0.4, -0.2) is 11.6 Å². The molecule has 2 aliphatic carbocycles. The lowest BCUT2D eigenvalue weighted by Crippen LogP contribution is -2.60. The molecule has 0 aromatic heterocycles. The topological polar surface area (TPSA) is 52.0 Å². The predicted molar refractivity (Wildman–Crippen MR) is 78.4 cm³/mol. The molecule has 2 heteroatoms. The fraction of sp³-hybridized carbons (Fsp3) is 1.00. The van der Waals surface area contributed by atoms with Crippen molar-refractivity contribution in [2.24, 2.45) is 17.4 Å². The van der Waals surface area contributed by atoms with Gasteiger partial charge in [0.05, 0.1) is 0 Å². The van der Waals surface area contributed by atoms with Gasteiger partial charge in [-0.3, -0.25) is 0 Å². The van der Waals surface area contributed by atoms with Crippen LogP contribution in [0.4, 0.5) is 0 Å². The molecule has 0 saturated heterocycles. The maximum Gasteiger partial charge on any atom is 0.0336 e. The van der Waals surface area contributed by atoms with Crippen molar-refractivity contribution in [1.82, 2.24) is 0 Å². The van der Waals surface area contributed by atoms with E-state index in [4.69, 9.17) is 11.5 Å². The second kappa shape index (κ2) is 6.91. The van der Waals surface area contributed by atoms with Gasteiger partial charge in [-0.25, -0.2) is 0 Å². The molecule has 0 spiro atoms. The SMILES string of the molecule is NC1CCCCCCC1(N)C1CCCCCCC1. The zero-order valence-electron chi connectivity index (χ0n) is 12.0. The van der Waals surface area contributed by atoms with E-state index in [2.05, 4.69) is 0 Å². The van der Waals surface area contributed by atoms with E-state index in [1.807, 2.05) is 0 Å². The summed E-state index contributed by atoms with van der Waals surface area (Å²) in [5, 5.41) is 0. The molecule has 2 atom stereocenters. The first kappa shape index (κ1) is 14.3. The second-order valence-electron chi connectivity index (χ2n) is 6.71.